The van der Waals surface area contributed by atoms with E-state index in [0.717, 1.165) is 18.8 Å². The van der Waals surface area contributed by atoms with Gasteiger partial charge in [0.05, 0.1) is 22.6 Å². The first-order valence-corrected chi connectivity index (χ1v) is 12.6. The Morgan fingerprint density at radius 2 is 1.76 bits per heavy atom. The summed E-state index contributed by atoms with van der Waals surface area (Å²) in [5.41, 5.74) is 3.23. The molecule has 2 fully saturated rings. The van der Waals surface area contributed by atoms with Gasteiger partial charge in [-0.1, -0.05) is 17.7 Å². The SMILES string of the molecule is CN(C)/C=C\N(C=O)c1ccc(-c2cc(F)cc(-c3cncc(N4CC5CCC(C4)N5)c3)c2O)cc1Cl. The van der Waals surface area contributed by atoms with Crippen LogP contribution in [-0.2, 0) is 4.79 Å². The molecule has 2 N–H and O–H groups in total. The molecule has 2 aliphatic rings. The van der Waals surface area contributed by atoms with Gasteiger partial charge in [-0.2, -0.15) is 0 Å². The van der Waals surface area contributed by atoms with Crippen LogP contribution in [0.4, 0.5) is 15.8 Å². The Morgan fingerprint density at radius 3 is 2.41 bits per heavy atom. The number of hydrogen-bond acceptors (Lipinski definition) is 6. The highest BCUT2D eigenvalue weighted by Gasteiger charge is 2.32. The molecule has 2 unspecified atom stereocenters. The third-order valence-electron chi connectivity index (χ3n) is 6.87. The molecule has 0 aliphatic carbocycles. The van der Waals surface area contributed by atoms with Gasteiger partial charge < -0.3 is 20.2 Å². The largest absolute Gasteiger partial charge is 0.507 e. The number of nitrogens with one attached hydrogen (secondary N) is 1. The lowest BCUT2D eigenvalue weighted by molar-refractivity contribution is -0.106. The van der Waals surface area contributed by atoms with Gasteiger partial charge in [0.15, 0.2) is 0 Å². The zero-order valence-electron chi connectivity index (χ0n) is 20.7. The van der Waals surface area contributed by atoms with Crippen LogP contribution in [0, 0.1) is 5.82 Å². The Morgan fingerprint density at radius 1 is 1.05 bits per heavy atom. The maximum atomic E-state index is 14.8. The maximum Gasteiger partial charge on any atom is 0.218 e. The molecule has 0 radical (unpaired) electrons. The Bertz CT molecular complexity index is 1340. The lowest BCUT2D eigenvalue weighted by atomic mass is 9.97. The van der Waals surface area contributed by atoms with Crippen molar-refractivity contribution in [1.29, 1.82) is 0 Å². The molecule has 9 heteroatoms. The number of pyridine rings is 1. The Hall–Kier alpha value is -3.62. The molecule has 3 aromatic rings. The first-order valence-electron chi connectivity index (χ1n) is 12.2. The van der Waals surface area contributed by atoms with Gasteiger partial charge in [-0.05, 0) is 48.7 Å². The zero-order chi connectivity index (χ0) is 26.1. The van der Waals surface area contributed by atoms with Crippen molar-refractivity contribution in [3.8, 4) is 28.0 Å². The molecule has 7 nitrogen and oxygen atoms in total. The number of aromatic nitrogens is 1. The quantitative estimate of drug-likeness (QED) is 0.433. The number of fused-ring (bicyclic) bond motifs is 2. The average Bonchev–Trinajstić information content (AvgIpc) is 3.23. The van der Waals surface area contributed by atoms with E-state index in [2.05, 4.69) is 15.2 Å². The van der Waals surface area contributed by atoms with E-state index in [4.69, 9.17) is 11.6 Å². The van der Waals surface area contributed by atoms with Crippen molar-refractivity contribution in [3.63, 3.8) is 0 Å². The standard InChI is InChI=1S/C28H29ClFN5O2/c1-33(2)7-8-34(17-36)27-6-3-18(10-26(27)29)24-11-20(30)12-25(28(24)37)19-9-23(14-31-13-19)35-15-21-4-5-22(16-35)32-21/h3,6-14,17,21-22,32,37H,4-5,15-16H2,1-2H3/b8-7-. The summed E-state index contributed by atoms with van der Waals surface area (Å²) in [6.45, 7) is 1.79. The lowest BCUT2D eigenvalue weighted by Gasteiger charge is -2.34. The number of phenols is 1. The normalized spacial score (nSPS) is 18.9. The summed E-state index contributed by atoms with van der Waals surface area (Å²) < 4.78 is 14.8. The predicted molar refractivity (Wildman–Crippen MR) is 145 cm³/mol. The van der Waals surface area contributed by atoms with Crippen molar-refractivity contribution in [2.75, 3.05) is 37.0 Å². The number of carbonyl (C=O) groups excluding carboxylic acids is 1. The minimum atomic E-state index is -0.489. The van der Waals surface area contributed by atoms with Crippen LogP contribution in [0.5, 0.6) is 5.75 Å². The number of aromatic hydroxyl groups is 1. The molecule has 2 aromatic carbocycles. The number of benzene rings is 2. The molecule has 1 aromatic heterocycles. The second-order valence-corrected chi connectivity index (χ2v) is 10.2. The van der Waals surface area contributed by atoms with E-state index in [9.17, 15) is 14.3 Å². The minimum absolute atomic E-state index is 0.0655. The highest BCUT2D eigenvalue weighted by Crippen LogP contribution is 2.41. The molecular formula is C28H29ClFN5O2. The Labute approximate surface area is 220 Å². The van der Waals surface area contributed by atoms with Gasteiger partial charge in [-0.15, -0.1) is 0 Å². The van der Waals surface area contributed by atoms with Crippen molar-refractivity contribution in [3.05, 3.63) is 72.0 Å². The summed E-state index contributed by atoms with van der Waals surface area (Å²) in [5, 5.41) is 15.1. The topological polar surface area (TPSA) is 71.9 Å². The summed E-state index contributed by atoms with van der Waals surface area (Å²) >= 11 is 6.51. The predicted octanol–water partition coefficient (Wildman–Crippen LogP) is 4.85. The highest BCUT2D eigenvalue weighted by atomic mass is 35.5. The molecule has 2 aliphatic heterocycles. The molecule has 192 valence electrons. The summed E-state index contributed by atoms with van der Waals surface area (Å²) in [6.07, 6.45) is 9.75. The first kappa shape index (κ1) is 25.0. The van der Waals surface area contributed by atoms with Crippen LogP contribution in [0.2, 0.25) is 5.02 Å². The van der Waals surface area contributed by atoms with Crippen molar-refractivity contribution in [2.24, 2.45) is 0 Å². The molecule has 0 saturated carbocycles. The van der Waals surface area contributed by atoms with E-state index in [-0.39, 0.29) is 10.8 Å². The average molecular weight is 522 g/mol. The molecule has 2 saturated heterocycles. The monoisotopic (exact) mass is 521 g/mol. The fraction of sp³-hybridized carbons (Fsp3) is 0.286. The molecular weight excluding hydrogens is 493 g/mol. The first-order chi connectivity index (χ1) is 17.8. The van der Waals surface area contributed by atoms with Crippen molar-refractivity contribution in [2.45, 2.75) is 24.9 Å². The van der Waals surface area contributed by atoms with Gasteiger partial charge in [-0.3, -0.25) is 14.7 Å². The van der Waals surface area contributed by atoms with Gasteiger partial charge in [-0.25, -0.2) is 4.39 Å². The summed E-state index contributed by atoms with van der Waals surface area (Å²) in [6, 6.07) is 10.5. The second kappa shape index (κ2) is 10.4. The van der Waals surface area contributed by atoms with Gasteiger partial charge in [0.25, 0.3) is 0 Å². The maximum absolute atomic E-state index is 14.8. The highest BCUT2D eigenvalue weighted by molar-refractivity contribution is 6.34. The second-order valence-electron chi connectivity index (χ2n) is 9.76. The van der Waals surface area contributed by atoms with Crippen LogP contribution < -0.4 is 15.1 Å². The van der Waals surface area contributed by atoms with E-state index < -0.39 is 5.82 Å². The van der Waals surface area contributed by atoms with Crippen molar-refractivity contribution < 1.29 is 14.3 Å². The molecule has 1 amide bonds. The van der Waals surface area contributed by atoms with Crippen LogP contribution in [0.1, 0.15) is 12.8 Å². The van der Waals surface area contributed by atoms with Gasteiger partial charge >= 0.3 is 0 Å². The molecule has 3 heterocycles. The van der Waals surface area contributed by atoms with Gasteiger partial charge in [0, 0.05) is 74.6 Å². The lowest BCUT2D eigenvalue weighted by Crippen LogP contribution is -2.51. The van der Waals surface area contributed by atoms with Crippen LogP contribution in [0.15, 0.2) is 61.2 Å². The van der Waals surface area contributed by atoms with E-state index in [1.54, 1.807) is 41.7 Å². The number of piperazine rings is 1. The van der Waals surface area contributed by atoms with E-state index in [1.165, 1.54) is 29.9 Å². The van der Waals surface area contributed by atoms with Crippen LogP contribution in [0.25, 0.3) is 22.3 Å². The summed E-state index contributed by atoms with van der Waals surface area (Å²) in [5.74, 6) is -0.554. The third kappa shape index (κ3) is 5.26. The summed E-state index contributed by atoms with van der Waals surface area (Å²) in [7, 11) is 3.68. The van der Waals surface area contributed by atoms with E-state index >= 15 is 0 Å². The minimum Gasteiger partial charge on any atom is -0.507 e. The summed E-state index contributed by atoms with van der Waals surface area (Å²) in [4.78, 5) is 21.4. The van der Waals surface area contributed by atoms with Gasteiger partial charge in [0.2, 0.25) is 6.41 Å². The number of hydrogen-bond donors (Lipinski definition) is 2. The van der Waals surface area contributed by atoms with Crippen LogP contribution in [0.3, 0.4) is 0 Å². The van der Waals surface area contributed by atoms with E-state index in [0.29, 0.717) is 46.4 Å². The smallest absolute Gasteiger partial charge is 0.218 e. The fourth-order valence-electron chi connectivity index (χ4n) is 5.06. The van der Waals surface area contributed by atoms with Crippen molar-refractivity contribution in [1.82, 2.24) is 15.2 Å². The Kier molecular flexibility index (Phi) is 7.04. The number of amides is 1. The van der Waals surface area contributed by atoms with Crippen LogP contribution in [-0.4, -0.2) is 60.7 Å². The molecule has 5 rings (SSSR count). The molecule has 2 atom stereocenters. The van der Waals surface area contributed by atoms with Crippen molar-refractivity contribution >= 4 is 29.4 Å². The number of halogens is 2. The fourth-order valence-corrected chi connectivity index (χ4v) is 5.33. The number of phenolic OH excluding ortho intramolecular Hbond substituents is 1. The zero-order valence-corrected chi connectivity index (χ0v) is 21.5. The van der Waals surface area contributed by atoms with Crippen LogP contribution >= 0.6 is 11.6 Å². The number of rotatable bonds is 7. The number of nitrogens with zero attached hydrogens (tertiary/aromatic N) is 4. The van der Waals surface area contributed by atoms with Gasteiger partial charge in [0.1, 0.15) is 11.6 Å². The third-order valence-corrected chi connectivity index (χ3v) is 7.17. The number of anilines is 2. The van der Waals surface area contributed by atoms with E-state index in [1.807, 2.05) is 26.4 Å². The number of carbonyl (C=O) groups is 1. The molecule has 37 heavy (non-hydrogen) atoms. The Balaban J connectivity index is 1.48. The molecule has 0 spiro atoms. The molecule has 2 bridgehead atoms.